The number of hydrogen-bond donors (Lipinski definition) is 2. The van der Waals surface area contributed by atoms with Crippen molar-refractivity contribution in [1.29, 1.82) is 0 Å². The van der Waals surface area contributed by atoms with Crippen LogP contribution in [0.15, 0.2) is 24.3 Å². The Hall–Kier alpha value is -1.26. The summed E-state index contributed by atoms with van der Waals surface area (Å²) in [5.74, 6) is 2.29. The van der Waals surface area contributed by atoms with E-state index in [1.165, 1.54) is 19.3 Å². The first-order valence-corrected chi connectivity index (χ1v) is 9.32. The largest absolute Gasteiger partial charge is 0.491 e. The maximum absolute atomic E-state index is 12.5. The van der Waals surface area contributed by atoms with Gasteiger partial charge in [-0.3, -0.25) is 4.79 Å². The maximum atomic E-state index is 12.5. The third-order valence-electron chi connectivity index (χ3n) is 5.55. The second kappa shape index (κ2) is 8.91. The fraction of sp³-hybridized carbons (Fsp3) is 0.650. The fourth-order valence-corrected chi connectivity index (χ4v) is 4.29. The molecule has 1 amide bonds. The van der Waals surface area contributed by atoms with Crippen LogP contribution in [-0.2, 0) is 11.3 Å². The highest BCUT2D eigenvalue weighted by Gasteiger charge is 2.40. The number of carbonyl (C=O) groups excluding carboxylic acids is 1. The molecule has 0 saturated heterocycles. The molecule has 2 saturated carbocycles. The van der Waals surface area contributed by atoms with Gasteiger partial charge in [-0.15, -0.1) is 12.4 Å². The number of benzene rings is 1. The van der Waals surface area contributed by atoms with Gasteiger partial charge in [0.15, 0.2) is 0 Å². The third kappa shape index (κ3) is 5.11. The minimum Gasteiger partial charge on any atom is -0.491 e. The normalized spacial score (nSPS) is 28.2. The van der Waals surface area contributed by atoms with Crippen molar-refractivity contribution in [3.05, 3.63) is 29.8 Å². The van der Waals surface area contributed by atoms with E-state index in [1.807, 2.05) is 38.1 Å². The molecule has 3 N–H and O–H groups in total. The number of rotatable bonds is 5. The van der Waals surface area contributed by atoms with Crippen LogP contribution < -0.4 is 15.8 Å². The molecule has 0 radical (unpaired) electrons. The molecule has 2 atom stereocenters. The van der Waals surface area contributed by atoms with Crippen molar-refractivity contribution >= 4 is 18.3 Å². The van der Waals surface area contributed by atoms with Gasteiger partial charge in [-0.25, -0.2) is 0 Å². The van der Waals surface area contributed by atoms with Gasteiger partial charge in [-0.2, -0.15) is 0 Å². The predicted octanol–water partition coefficient (Wildman–Crippen LogP) is 3.67. The molecule has 1 aromatic rings. The molecule has 2 aliphatic rings. The number of amides is 1. The Morgan fingerprint density at radius 1 is 1.20 bits per heavy atom. The molecule has 3 rings (SSSR count). The van der Waals surface area contributed by atoms with E-state index in [9.17, 15) is 4.79 Å². The van der Waals surface area contributed by atoms with Crippen LogP contribution in [0.5, 0.6) is 5.75 Å². The van der Waals surface area contributed by atoms with Crippen molar-refractivity contribution in [2.24, 2.45) is 23.5 Å². The fourth-order valence-electron chi connectivity index (χ4n) is 4.29. The van der Waals surface area contributed by atoms with E-state index in [0.29, 0.717) is 24.4 Å². The first kappa shape index (κ1) is 20.1. The minimum atomic E-state index is 0. The van der Waals surface area contributed by atoms with Gasteiger partial charge in [0.2, 0.25) is 5.91 Å². The predicted molar refractivity (Wildman–Crippen MR) is 103 cm³/mol. The molecular weight excluding hydrogens is 336 g/mol. The van der Waals surface area contributed by atoms with Crippen LogP contribution in [0.4, 0.5) is 0 Å². The van der Waals surface area contributed by atoms with Crippen molar-refractivity contribution < 1.29 is 9.53 Å². The zero-order valence-electron chi connectivity index (χ0n) is 15.2. The van der Waals surface area contributed by atoms with Crippen LogP contribution in [0.3, 0.4) is 0 Å². The van der Waals surface area contributed by atoms with Crippen LogP contribution in [-0.4, -0.2) is 18.1 Å². The number of fused-ring (bicyclic) bond motifs is 2. The smallest absolute Gasteiger partial charge is 0.223 e. The third-order valence-corrected chi connectivity index (χ3v) is 5.55. The molecule has 0 aromatic heterocycles. The molecule has 0 aliphatic heterocycles. The summed E-state index contributed by atoms with van der Waals surface area (Å²) in [6.07, 6.45) is 5.77. The Balaban J connectivity index is 0.00000225. The molecule has 4 nitrogen and oxygen atoms in total. The molecule has 2 bridgehead atoms. The Bertz CT molecular complexity index is 547. The Kier molecular flexibility index (Phi) is 7.14. The van der Waals surface area contributed by atoms with Crippen molar-refractivity contribution in [1.82, 2.24) is 5.32 Å². The van der Waals surface area contributed by atoms with E-state index < -0.39 is 0 Å². The van der Waals surface area contributed by atoms with Crippen LogP contribution in [0.2, 0.25) is 0 Å². The Morgan fingerprint density at radius 3 is 2.36 bits per heavy atom. The lowest BCUT2D eigenvalue weighted by Gasteiger charge is -2.43. The quantitative estimate of drug-likeness (QED) is 0.835. The molecule has 5 heteroatoms. The second-order valence-corrected chi connectivity index (χ2v) is 7.73. The van der Waals surface area contributed by atoms with Gasteiger partial charge in [0.05, 0.1) is 6.10 Å². The first-order chi connectivity index (χ1) is 11.5. The summed E-state index contributed by atoms with van der Waals surface area (Å²) < 4.78 is 5.64. The Labute approximate surface area is 157 Å². The molecule has 2 unspecified atom stereocenters. The number of nitrogens with one attached hydrogen (secondary N) is 1. The topological polar surface area (TPSA) is 64.3 Å². The summed E-state index contributed by atoms with van der Waals surface area (Å²) in [6, 6.07) is 8.28. The molecule has 2 fully saturated rings. The minimum absolute atomic E-state index is 0. The lowest BCUT2D eigenvalue weighted by Crippen LogP contribution is -2.49. The Morgan fingerprint density at radius 2 is 1.80 bits per heavy atom. The van der Waals surface area contributed by atoms with E-state index in [-0.39, 0.29) is 30.3 Å². The van der Waals surface area contributed by atoms with E-state index in [4.69, 9.17) is 10.5 Å². The summed E-state index contributed by atoms with van der Waals surface area (Å²) in [7, 11) is 0. The molecule has 0 spiro atoms. The monoisotopic (exact) mass is 366 g/mol. The number of halogens is 1. The summed E-state index contributed by atoms with van der Waals surface area (Å²) in [4.78, 5) is 12.5. The van der Waals surface area contributed by atoms with Crippen LogP contribution in [0, 0.1) is 17.8 Å². The lowest BCUT2D eigenvalue weighted by atomic mass is 9.65. The van der Waals surface area contributed by atoms with E-state index in [1.54, 1.807) is 0 Å². The summed E-state index contributed by atoms with van der Waals surface area (Å²) in [6.45, 7) is 4.61. The van der Waals surface area contributed by atoms with Crippen molar-refractivity contribution in [3.8, 4) is 5.75 Å². The highest BCUT2D eigenvalue weighted by atomic mass is 35.5. The molecule has 25 heavy (non-hydrogen) atoms. The van der Waals surface area contributed by atoms with Crippen LogP contribution >= 0.6 is 12.4 Å². The first-order valence-electron chi connectivity index (χ1n) is 9.32. The van der Waals surface area contributed by atoms with Crippen LogP contribution in [0.1, 0.15) is 51.5 Å². The summed E-state index contributed by atoms with van der Waals surface area (Å²) in [5, 5.41) is 3.11. The number of hydrogen-bond acceptors (Lipinski definition) is 3. The highest BCUT2D eigenvalue weighted by molar-refractivity contribution is 5.85. The van der Waals surface area contributed by atoms with Gasteiger partial charge in [0, 0.05) is 18.5 Å². The van der Waals surface area contributed by atoms with Crippen molar-refractivity contribution in [3.63, 3.8) is 0 Å². The second-order valence-electron chi connectivity index (χ2n) is 7.73. The highest BCUT2D eigenvalue weighted by Crippen LogP contribution is 2.41. The van der Waals surface area contributed by atoms with Gasteiger partial charge < -0.3 is 15.8 Å². The van der Waals surface area contributed by atoms with E-state index in [0.717, 1.165) is 24.2 Å². The van der Waals surface area contributed by atoms with E-state index >= 15 is 0 Å². The number of ether oxygens (including phenoxy) is 1. The van der Waals surface area contributed by atoms with E-state index in [2.05, 4.69) is 5.32 Å². The van der Waals surface area contributed by atoms with Gasteiger partial charge in [0.25, 0.3) is 0 Å². The lowest BCUT2D eigenvalue weighted by molar-refractivity contribution is -0.128. The van der Waals surface area contributed by atoms with Gasteiger partial charge in [-0.1, -0.05) is 18.6 Å². The SMILES string of the molecule is CC(C)Oc1ccc(CNC(=O)C2CC3CCCC(C2)C3N)cc1.Cl. The zero-order valence-corrected chi connectivity index (χ0v) is 16.1. The molecular formula is C20H31ClN2O2. The van der Waals surface area contributed by atoms with Gasteiger partial charge in [0.1, 0.15) is 5.75 Å². The molecule has 1 aromatic carbocycles. The molecule has 140 valence electrons. The summed E-state index contributed by atoms with van der Waals surface area (Å²) >= 11 is 0. The number of carbonyl (C=O) groups is 1. The summed E-state index contributed by atoms with van der Waals surface area (Å²) in [5.41, 5.74) is 7.42. The van der Waals surface area contributed by atoms with Crippen LogP contribution in [0.25, 0.3) is 0 Å². The average molecular weight is 367 g/mol. The average Bonchev–Trinajstić information content (AvgIpc) is 2.53. The van der Waals surface area contributed by atoms with Crippen molar-refractivity contribution in [2.45, 2.75) is 64.6 Å². The van der Waals surface area contributed by atoms with Gasteiger partial charge >= 0.3 is 0 Å². The standard InChI is InChI=1S/C20H30N2O2.ClH/c1-13(2)24-18-8-6-14(7-9-18)12-22-20(23)17-10-15-4-3-5-16(11-17)19(15)21;/h6-9,13,15-17,19H,3-5,10-12,21H2,1-2H3,(H,22,23);1H. The molecule has 2 aliphatic carbocycles. The maximum Gasteiger partial charge on any atom is 0.223 e. The zero-order chi connectivity index (χ0) is 17.1. The number of nitrogens with two attached hydrogens (primary N) is 1. The van der Waals surface area contributed by atoms with Gasteiger partial charge in [-0.05, 0) is 69.1 Å². The van der Waals surface area contributed by atoms with Crippen molar-refractivity contribution in [2.75, 3.05) is 0 Å². The molecule has 0 heterocycles.